The third-order valence-corrected chi connectivity index (χ3v) is 3.09. The lowest BCUT2D eigenvalue weighted by Gasteiger charge is -2.20. The van der Waals surface area contributed by atoms with Gasteiger partial charge in [-0.2, -0.15) is 0 Å². The highest BCUT2D eigenvalue weighted by Gasteiger charge is 2.13. The maximum atomic E-state index is 12.0. The number of nitrogens with one attached hydrogen (secondary N) is 1. The van der Waals surface area contributed by atoms with E-state index < -0.39 is 5.97 Å². The van der Waals surface area contributed by atoms with Crippen LogP contribution in [0.5, 0.6) is 5.75 Å². The van der Waals surface area contributed by atoms with Gasteiger partial charge in [0.15, 0.2) is 0 Å². The molecule has 0 aliphatic carbocycles. The van der Waals surface area contributed by atoms with Gasteiger partial charge in [-0.15, -0.1) is 0 Å². The monoisotopic (exact) mass is 294 g/mol. The topological polar surface area (TPSA) is 78.9 Å². The zero-order valence-electron chi connectivity index (χ0n) is 12.5. The summed E-state index contributed by atoms with van der Waals surface area (Å²) in [7, 11) is 3.24. The van der Waals surface area contributed by atoms with Crippen LogP contribution >= 0.6 is 0 Å². The van der Waals surface area contributed by atoms with E-state index in [2.05, 4.69) is 5.32 Å². The van der Waals surface area contributed by atoms with Crippen LogP contribution in [0, 0.1) is 0 Å². The average Bonchev–Trinajstić information content (AvgIpc) is 2.49. The average molecular weight is 294 g/mol. The van der Waals surface area contributed by atoms with Crippen LogP contribution in [0.2, 0.25) is 0 Å². The first-order chi connectivity index (χ1) is 10.1. The molecule has 1 aromatic rings. The minimum atomic E-state index is -0.782. The molecule has 0 heterocycles. The molecule has 6 heteroatoms. The Morgan fingerprint density at radius 2 is 1.95 bits per heavy atom. The van der Waals surface area contributed by atoms with E-state index in [1.54, 1.807) is 20.2 Å². The van der Waals surface area contributed by atoms with Gasteiger partial charge in [0.05, 0.1) is 12.8 Å². The number of amides is 2. The highest BCUT2D eigenvalue weighted by molar-refractivity contribution is 5.92. The molecule has 21 heavy (non-hydrogen) atoms. The van der Waals surface area contributed by atoms with Gasteiger partial charge in [0, 0.05) is 20.0 Å². The smallest absolute Gasteiger partial charge is 0.321 e. The molecular formula is C15H22N2O4. The van der Waals surface area contributed by atoms with Gasteiger partial charge >= 0.3 is 12.0 Å². The number of hydrogen-bond donors (Lipinski definition) is 2. The van der Waals surface area contributed by atoms with E-state index in [0.717, 1.165) is 12.8 Å². The van der Waals surface area contributed by atoms with Gasteiger partial charge in [-0.25, -0.2) is 4.79 Å². The van der Waals surface area contributed by atoms with Gasteiger partial charge in [0.1, 0.15) is 5.75 Å². The maximum Gasteiger partial charge on any atom is 0.321 e. The molecule has 0 aliphatic rings. The Hall–Kier alpha value is -2.24. The molecular weight excluding hydrogens is 272 g/mol. The van der Waals surface area contributed by atoms with Crippen molar-refractivity contribution >= 4 is 17.7 Å². The largest absolute Gasteiger partial charge is 0.495 e. The number of hydrogen-bond acceptors (Lipinski definition) is 3. The molecule has 0 radical (unpaired) electrons. The Bertz CT molecular complexity index is 476. The second kappa shape index (κ2) is 8.84. The number of benzene rings is 1. The minimum Gasteiger partial charge on any atom is -0.495 e. The Kier molecular flexibility index (Phi) is 7.08. The van der Waals surface area contributed by atoms with Crippen molar-refractivity contribution < 1.29 is 19.4 Å². The van der Waals surface area contributed by atoms with Gasteiger partial charge in [0.2, 0.25) is 0 Å². The summed E-state index contributed by atoms with van der Waals surface area (Å²) >= 11 is 0. The van der Waals surface area contributed by atoms with E-state index in [4.69, 9.17) is 9.84 Å². The predicted octanol–water partition coefficient (Wildman–Crippen LogP) is 2.49. The highest BCUT2D eigenvalue weighted by Crippen LogP contribution is 2.26. The molecule has 0 aliphatic heterocycles. The number of anilines is 1. The van der Waals surface area contributed by atoms with Crippen molar-refractivity contribution in [3.05, 3.63) is 24.3 Å². The number of unbranched alkanes of at least 4 members (excludes halogenated alkanes) is 2. The first kappa shape index (κ1) is 16.8. The van der Waals surface area contributed by atoms with E-state index in [9.17, 15) is 9.59 Å². The van der Waals surface area contributed by atoms with Crippen molar-refractivity contribution in [1.29, 1.82) is 0 Å². The van der Waals surface area contributed by atoms with E-state index in [-0.39, 0.29) is 12.5 Å². The van der Waals surface area contributed by atoms with Crippen molar-refractivity contribution in [2.45, 2.75) is 25.7 Å². The number of ether oxygens (including phenoxy) is 1. The van der Waals surface area contributed by atoms with E-state index in [0.29, 0.717) is 24.4 Å². The SMILES string of the molecule is COc1ccccc1N(C)C(=O)NCCCCCC(=O)O. The number of carboxylic acids is 1. The number of carbonyl (C=O) groups is 2. The number of rotatable bonds is 8. The first-order valence-corrected chi connectivity index (χ1v) is 6.92. The van der Waals surface area contributed by atoms with Crippen LogP contribution in [0.1, 0.15) is 25.7 Å². The number of carboxylic acid groups (broad SMARTS) is 1. The number of nitrogens with zero attached hydrogens (tertiary/aromatic N) is 1. The first-order valence-electron chi connectivity index (χ1n) is 6.92. The Balaban J connectivity index is 2.36. The molecule has 1 rings (SSSR count). The summed E-state index contributed by atoms with van der Waals surface area (Å²) in [5.41, 5.74) is 0.698. The number of aliphatic carboxylic acids is 1. The van der Waals surface area contributed by atoms with Crippen LogP contribution in [-0.4, -0.2) is 37.8 Å². The second-order valence-electron chi connectivity index (χ2n) is 4.67. The Labute approximate surface area is 124 Å². The van der Waals surface area contributed by atoms with Crippen LogP contribution in [-0.2, 0) is 4.79 Å². The summed E-state index contributed by atoms with van der Waals surface area (Å²) in [5, 5.41) is 11.3. The zero-order valence-corrected chi connectivity index (χ0v) is 12.5. The molecule has 0 spiro atoms. The number of methoxy groups -OCH3 is 1. The fourth-order valence-electron chi connectivity index (χ4n) is 1.91. The van der Waals surface area contributed by atoms with Crippen molar-refractivity contribution in [3.8, 4) is 5.75 Å². The van der Waals surface area contributed by atoms with Crippen LogP contribution in [0.3, 0.4) is 0 Å². The summed E-state index contributed by atoms with van der Waals surface area (Å²) in [6.07, 6.45) is 2.35. The molecule has 0 fully saturated rings. The fourth-order valence-corrected chi connectivity index (χ4v) is 1.91. The van der Waals surface area contributed by atoms with Crippen molar-refractivity contribution in [2.75, 3.05) is 25.6 Å². The van der Waals surface area contributed by atoms with E-state index in [1.807, 2.05) is 18.2 Å². The Morgan fingerprint density at radius 1 is 1.24 bits per heavy atom. The van der Waals surface area contributed by atoms with Gasteiger partial charge in [0.25, 0.3) is 0 Å². The van der Waals surface area contributed by atoms with Crippen molar-refractivity contribution in [2.24, 2.45) is 0 Å². The third kappa shape index (κ3) is 5.72. The maximum absolute atomic E-state index is 12.0. The lowest BCUT2D eigenvalue weighted by atomic mass is 10.2. The molecule has 116 valence electrons. The summed E-state index contributed by atoms with van der Waals surface area (Å²) in [4.78, 5) is 23.9. The minimum absolute atomic E-state index is 0.176. The summed E-state index contributed by atoms with van der Waals surface area (Å²) in [5.74, 6) is -0.147. The van der Waals surface area contributed by atoms with Gasteiger partial charge < -0.3 is 15.2 Å². The van der Waals surface area contributed by atoms with Gasteiger partial charge in [-0.3, -0.25) is 9.69 Å². The van der Waals surface area contributed by atoms with Crippen LogP contribution in [0.4, 0.5) is 10.5 Å². The van der Waals surface area contributed by atoms with Crippen molar-refractivity contribution in [1.82, 2.24) is 5.32 Å². The lowest BCUT2D eigenvalue weighted by molar-refractivity contribution is -0.137. The summed E-state index contributed by atoms with van der Waals surface area (Å²) in [6.45, 7) is 0.526. The quantitative estimate of drug-likeness (QED) is 0.722. The molecule has 0 saturated heterocycles. The lowest BCUT2D eigenvalue weighted by Crippen LogP contribution is -2.37. The molecule has 0 saturated carbocycles. The fraction of sp³-hybridized carbons (Fsp3) is 0.467. The molecule has 0 aromatic heterocycles. The number of carbonyl (C=O) groups excluding carboxylic acids is 1. The van der Waals surface area contributed by atoms with E-state index in [1.165, 1.54) is 4.90 Å². The number of para-hydroxylation sites is 2. The van der Waals surface area contributed by atoms with Crippen LogP contribution in [0.25, 0.3) is 0 Å². The Morgan fingerprint density at radius 3 is 2.62 bits per heavy atom. The highest BCUT2D eigenvalue weighted by atomic mass is 16.5. The summed E-state index contributed by atoms with van der Waals surface area (Å²) in [6, 6.07) is 7.08. The predicted molar refractivity (Wildman–Crippen MR) is 80.9 cm³/mol. The van der Waals surface area contributed by atoms with Crippen LogP contribution < -0.4 is 15.0 Å². The molecule has 6 nitrogen and oxygen atoms in total. The standard InChI is InChI=1S/C15H22N2O4/c1-17(12-8-5-6-9-13(12)21-2)15(20)16-11-7-3-4-10-14(18)19/h5-6,8-9H,3-4,7,10-11H2,1-2H3,(H,16,20)(H,18,19). The number of urea groups is 1. The molecule has 0 atom stereocenters. The van der Waals surface area contributed by atoms with Crippen LogP contribution in [0.15, 0.2) is 24.3 Å². The molecule has 0 unspecified atom stereocenters. The summed E-state index contributed by atoms with van der Waals surface area (Å²) < 4.78 is 5.22. The van der Waals surface area contributed by atoms with Crippen molar-refractivity contribution in [3.63, 3.8) is 0 Å². The molecule has 1 aromatic carbocycles. The molecule has 2 N–H and O–H groups in total. The van der Waals surface area contributed by atoms with E-state index >= 15 is 0 Å². The normalized spacial score (nSPS) is 10.0. The van der Waals surface area contributed by atoms with Gasteiger partial charge in [-0.05, 0) is 25.0 Å². The molecule has 0 bridgehead atoms. The second-order valence-corrected chi connectivity index (χ2v) is 4.67. The third-order valence-electron chi connectivity index (χ3n) is 3.09. The molecule has 2 amide bonds. The van der Waals surface area contributed by atoms with Gasteiger partial charge in [-0.1, -0.05) is 18.6 Å². The zero-order chi connectivity index (χ0) is 15.7.